The minimum absolute atomic E-state index is 0.0506. The van der Waals surface area contributed by atoms with Crippen molar-refractivity contribution in [2.75, 3.05) is 23.5 Å². The number of nitrogens with zero attached hydrogens (tertiary/aromatic N) is 5. The molecule has 4 aromatic rings. The molecule has 1 saturated heterocycles. The quantitative estimate of drug-likeness (QED) is 0.280. The summed E-state index contributed by atoms with van der Waals surface area (Å²) < 4.78 is 16.8. The average Bonchev–Trinajstić information content (AvgIpc) is 3.44. The van der Waals surface area contributed by atoms with Crippen LogP contribution >= 0.6 is 0 Å². The summed E-state index contributed by atoms with van der Waals surface area (Å²) in [4.78, 5) is 38.4. The van der Waals surface area contributed by atoms with Crippen molar-refractivity contribution in [3.8, 4) is 34.6 Å². The summed E-state index contributed by atoms with van der Waals surface area (Å²) in [6.45, 7) is 0.602. The van der Waals surface area contributed by atoms with Gasteiger partial charge in [0.2, 0.25) is 0 Å². The normalized spacial score (nSPS) is 20.1. The fraction of sp³-hybridized carbons (Fsp3) is 0.286. The molecule has 2 aromatic heterocycles. The molecule has 7 rings (SSSR count). The SMILES string of the molecule is COc1ccc(CN2C(=O)COc3ccc(N4C(=O)O[C@@H]5C[C@H](NCc6cccc(-c7cccc(C#N)n7)c6O)CC[C@H]54)nc32)cc1. The topological polar surface area (TPSA) is 150 Å². The molecular formula is C35H32N6O6. The predicted molar refractivity (Wildman–Crippen MR) is 171 cm³/mol. The second-order valence-electron chi connectivity index (χ2n) is 11.7. The molecule has 1 aliphatic carbocycles. The number of aromatic nitrogens is 2. The van der Waals surface area contributed by atoms with Crippen LogP contribution in [0.1, 0.15) is 36.1 Å². The first-order chi connectivity index (χ1) is 22.9. The number of nitriles is 1. The van der Waals surface area contributed by atoms with Gasteiger partial charge in [0.05, 0.1) is 25.4 Å². The number of para-hydroxylation sites is 1. The van der Waals surface area contributed by atoms with Crippen molar-refractivity contribution in [2.24, 2.45) is 0 Å². The van der Waals surface area contributed by atoms with Gasteiger partial charge in [0.25, 0.3) is 5.91 Å². The number of carbonyl (C=O) groups excluding carboxylic acids is 2. The molecule has 4 heterocycles. The number of methoxy groups -OCH3 is 1. The summed E-state index contributed by atoms with van der Waals surface area (Å²) in [6, 6.07) is 23.4. The number of pyridine rings is 2. The minimum atomic E-state index is -0.477. The molecule has 0 unspecified atom stereocenters. The zero-order valence-corrected chi connectivity index (χ0v) is 25.6. The standard InChI is InChI=1S/C35H32N6O6/c1-45-25-11-8-21(9-12-25)19-40-32(42)20-46-29-14-15-31(39-34(29)40)41-28-13-10-23(16-30(28)47-35(41)44)37-18-22-4-2-6-26(33(22)43)27-7-3-5-24(17-36)38-27/h2-9,11-12,14-15,23,28,30,37,43H,10,13,16,18-20H2,1H3/t23-,28-,30-/m1/s1. The third-order valence-corrected chi connectivity index (χ3v) is 8.86. The number of phenolic OH excluding ortho intramolecular Hbond substituents is 1. The van der Waals surface area contributed by atoms with Crippen LogP contribution in [0.15, 0.2) is 72.8 Å². The second-order valence-corrected chi connectivity index (χ2v) is 11.7. The lowest BCUT2D eigenvalue weighted by atomic mass is 9.88. The maximum absolute atomic E-state index is 13.2. The fourth-order valence-corrected chi connectivity index (χ4v) is 6.43. The van der Waals surface area contributed by atoms with Crippen molar-refractivity contribution in [1.82, 2.24) is 15.3 Å². The van der Waals surface area contributed by atoms with Crippen LogP contribution in [0.25, 0.3) is 11.3 Å². The predicted octanol–water partition coefficient (Wildman–Crippen LogP) is 4.69. The zero-order valence-electron chi connectivity index (χ0n) is 25.6. The Hall–Kier alpha value is -5.67. The van der Waals surface area contributed by atoms with Gasteiger partial charge in [-0.2, -0.15) is 5.26 Å². The van der Waals surface area contributed by atoms with Crippen LogP contribution in [0.5, 0.6) is 17.2 Å². The first-order valence-corrected chi connectivity index (χ1v) is 15.4. The van der Waals surface area contributed by atoms with Gasteiger partial charge in [0.1, 0.15) is 35.2 Å². The molecule has 47 heavy (non-hydrogen) atoms. The van der Waals surface area contributed by atoms with E-state index in [1.54, 1.807) is 53.3 Å². The highest BCUT2D eigenvalue weighted by Gasteiger charge is 2.47. The van der Waals surface area contributed by atoms with Crippen molar-refractivity contribution < 1.29 is 28.9 Å². The largest absolute Gasteiger partial charge is 0.507 e. The first kappa shape index (κ1) is 30.0. The summed E-state index contributed by atoms with van der Waals surface area (Å²) in [5, 5.41) is 23.7. The maximum Gasteiger partial charge on any atom is 0.416 e. The van der Waals surface area contributed by atoms with Crippen molar-refractivity contribution in [2.45, 2.75) is 50.5 Å². The van der Waals surface area contributed by atoms with Gasteiger partial charge in [-0.25, -0.2) is 14.8 Å². The van der Waals surface area contributed by atoms with Gasteiger partial charge >= 0.3 is 6.09 Å². The van der Waals surface area contributed by atoms with Crippen LogP contribution in [-0.4, -0.2) is 59.0 Å². The minimum Gasteiger partial charge on any atom is -0.507 e. The monoisotopic (exact) mass is 632 g/mol. The molecule has 12 nitrogen and oxygen atoms in total. The van der Waals surface area contributed by atoms with Gasteiger partial charge in [0, 0.05) is 30.1 Å². The summed E-state index contributed by atoms with van der Waals surface area (Å²) in [6.07, 6.45) is 1.22. The third-order valence-electron chi connectivity index (χ3n) is 8.86. The number of aromatic hydroxyl groups is 1. The molecule has 1 saturated carbocycles. The highest BCUT2D eigenvalue weighted by Crippen LogP contribution is 2.39. The number of amides is 2. The van der Waals surface area contributed by atoms with Crippen LogP contribution in [0.2, 0.25) is 0 Å². The molecule has 2 fully saturated rings. The van der Waals surface area contributed by atoms with Crippen LogP contribution in [0, 0.1) is 11.3 Å². The van der Waals surface area contributed by atoms with Gasteiger partial charge in [-0.3, -0.25) is 14.6 Å². The maximum atomic E-state index is 13.2. The Balaban J connectivity index is 1.04. The van der Waals surface area contributed by atoms with Gasteiger partial charge in [-0.15, -0.1) is 0 Å². The van der Waals surface area contributed by atoms with E-state index >= 15 is 0 Å². The third kappa shape index (κ3) is 5.89. The number of nitrogens with one attached hydrogen (secondary N) is 1. The Bertz CT molecular complexity index is 1880. The Kier molecular flexibility index (Phi) is 8.05. The van der Waals surface area contributed by atoms with Gasteiger partial charge in [-0.05, 0) is 60.9 Å². The number of fused-ring (bicyclic) bond motifs is 2. The zero-order chi connectivity index (χ0) is 32.5. The number of hydrogen-bond donors (Lipinski definition) is 2. The Morgan fingerprint density at radius 1 is 1.04 bits per heavy atom. The lowest BCUT2D eigenvalue weighted by Gasteiger charge is -2.34. The van der Waals surface area contributed by atoms with Crippen molar-refractivity contribution in [3.05, 3.63) is 89.6 Å². The molecule has 0 spiro atoms. The van der Waals surface area contributed by atoms with Gasteiger partial charge in [-0.1, -0.05) is 30.3 Å². The summed E-state index contributed by atoms with van der Waals surface area (Å²) >= 11 is 0. The molecule has 2 N–H and O–H groups in total. The Morgan fingerprint density at radius 2 is 1.87 bits per heavy atom. The number of anilines is 2. The van der Waals surface area contributed by atoms with Crippen molar-refractivity contribution >= 4 is 23.6 Å². The van der Waals surface area contributed by atoms with Crippen molar-refractivity contribution in [3.63, 3.8) is 0 Å². The molecule has 12 heteroatoms. The molecule has 3 aliphatic rings. The van der Waals surface area contributed by atoms with E-state index in [2.05, 4.69) is 10.3 Å². The lowest BCUT2D eigenvalue weighted by molar-refractivity contribution is -0.121. The number of rotatable bonds is 8. The van der Waals surface area contributed by atoms with E-state index < -0.39 is 6.09 Å². The molecular weight excluding hydrogens is 600 g/mol. The smallest absolute Gasteiger partial charge is 0.416 e. The van der Waals surface area contributed by atoms with E-state index in [0.717, 1.165) is 17.7 Å². The highest BCUT2D eigenvalue weighted by atomic mass is 16.6. The molecule has 2 aliphatic heterocycles. The van der Waals surface area contributed by atoms with Crippen LogP contribution in [-0.2, 0) is 22.6 Å². The van der Waals surface area contributed by atoms with E-state index in [0.29, 0.717) is 60.1 Å². The number of carbonyl (C=O) groups is 2. The fourth-order valence-electron chi connectivity index (χ4n) is 6.43. The van der Waals surface area contributed by atoms with Gasteiger partial charge < -0.3 is 24.6 Å². The molecule has 2 aromatic carbocycles. The number of ether oxygens (including phenoxy) is 3. The summed E-state index contributed by atoms with van der Waals surface area (Å²) in [5.74, 6) is 1.84. The molecule has 238 valence electrons. The Morgan fingerprint density at radius 3 is 2.68 bits per heavy atom. The first-order valence-electron chi connectivity index (χ1n) is 15.4. The molecule has 0 bridgehead atoms. The summed E-state index contributed by atoms with van der Waals surface area (Å²) in [7, 11) is 1.60. The van der Waals surface area contributed by atoms with E-state index in [4.69, 9.17) is 19.2 Å². The number of hydrogen-bond acceptors (Lipinski definition) is 10. The molecule has 3 atom stereocenters. The second kappa shape index (κ2) is 12.6. The molecule has 2 amide bonds. The van der Waals surface area contributed by atoms with Crippen LogP contribution < -0.4 is 24.6 Å². The average molecular weight is 633 g/mol. The number of phenols is 1. The lowest BCUT2D eigenvalue weighted by Crippen LogP contribution is -2.46. The van der Waals surface area contributed by atoms with E-state index in [-0.39, 0.29) is 42.1 Å². The molecule has 0 radical (unpaired) electrons. The van der Waals surface area contributed by atoms with E-state index in [1.165, 1.54) is 0 Å². The van der Waals surface area contributed by atoms with Crippen LogP contribution in [0.4, 0.5) is 16.4 Å². The summed E-state index contributed by atoms with van der Waals surface area (Å²) in [5.41, 5.74) is 2.96. The van der Waals surface area contributed by atoms with Crippen molar-refractivity contribution in [1.29, 1.82) is 5.26 Å². The van der Waals surface area contributed by atoms with E-state index in [9.17, 15) is 20.0 Å². The highest BCUT2D eigenvalue weighted by molar-refractivity contribution is 5.97. The Labute approximate surface area is 271 Å². The number of benzene rings is 2. The van der Waals surface area contributed by atoms with E-state index in [1.807, 2.05) is 42.5 Å². The van der Waals surface area contributed by atoms with Gasteiger partial charge in [0.15, 0.2) is 18.2 Å². The van der Waals surface area contributed by atoms with Crippen LogP contribution in [0.3, 0.4) is 0 Å².